The Kier molecular flexibility index (Phi) is 8.72. The van der Waals surface area contributed by atoms with Gasteiger partial charge < -0.3 is 33.5 Å². The van der Waals surface area contributed by atoms with Crippen LogP contribution >= 0.6 is 11.6 Å². The van der Waals surface area contributed by atoms with E-state index >= 15 is 0 Å². The van der Waals surface area contributed by atoms with E-state index in [9.17, 15) is 4.79 Å². The molecule has 0 fully saturated rings. The summed E-state index contributed by atoms with van der Waals surface area (Å²) in [5.41, 5.74) is 7.50. The van der Waals surface area contributed by atoms with Gasteiger partial charge in [-0.3, -0.25) is 4.79 Å². The van der Waals surface area contributed by atoms with Gasteiger partial charge in [0.05, 0.1) is 0 Å². The second kappa shape index (κ2) is 11.3. The number of anilines is 1. The smallest absolute Gasteiger partial charge is 0.277 e. The second-order valence-electron chi connectivity index (χ2n) is 5.95. The summed E-state index contributed by atoms with van der Waals surface area (Å²) in [5, 5.41) is 13.4. The minimum atomic E-state index is -0.416. The number of ether oxygens (including phenoxy) is 1. The van der Waals surface area contributed by atoms with Crippen LogP contribution in [0.2, 0.25) is 5.02 Å². The van der Waals surface area contributed by atoms with Crippen molar-refractivity contribution in [2.24, 2.45) is 0 Å². The van der Waals surface area contributed by atoms with Crippen LogP contribution < -0.4 is 33.5 Å². The quantitative estimate of drug-likeness (QED) is 0.383. The highest BCUT2D eigenvalue weighted by molar-refractivity contribution is 6.31. The molecule has 4 N–H and O–H groups in total. The molecule has 1 amide bonds. The lowest BCUT2D eigenvalue weighted by Gasteiger charge is -2.09. The van der Waals surface area contributed by atoms with Gasteiger partial charge in [0.25, 0.3) is 5.91 Å². The predicted octanol–water partition coefficient (Wildman–Crippen LogP) is -0.592. The Morgan fingerprint density at radius 1 is 1.10 bits per heavy atom. The topological polar surface area (TPSA) is 115 Å². The van der Waals surface area contributed by atoms with E-state index in [4.69, 9.17) is 22.1 Å². The van der Waals surface area contributed by atoms with Gasteiger partial charge in [-0.05, 0) is 34.1 Å². The number of rotatable bonds is 9. The Bertz CT molecular complexity index is 918. The number of amides is 1. The van der Waals surface area contributed by atoms with Crippen LogP contribution in [0.25, 0.3) is 0 Å². The molecule has 0 unspecified atom stereocenters. The molecule has 0 aliphatic rings. The fraction of sp³-hybridized carbons (Fsp3) is 0.211. The van der Waals surface area contributed by atoms with E-state index < -0.39 is 5.91 Å². The lowest BCUT2D eigenvalue weighted by molar-refractivity contribution is -0.0000149. The average molecular weight is 437 g/mol. The van der Waals surface area contributed by atoms with Crippen LogP contribution in [0.15, 0.2) is 53.2 Å². The maximum atomic E-state index is 11.8. The zero-order chi connectivity index (χ0) is 19.8. The first-order chi connectivity index (χ1) is 13.6. The standard InChI is InChI=1S/C19H20ClN5O3.ClH/c20-16-4-2-1-3-14(16)12-27-15-7-5-13(6-8-15)11-22-9-10-23-19(26)17-18(21)25-28-24-17;/h1-8,22H,9-12H2,(H2,21,25)(H,23,26);1H/p-1. The number of nitrogens with one attached hydrogen (secondary N) is 2. The Morgan fingerprint density at radius 2 is 1.86 bits per heavy atom. The molecular formula is C19H20Cl2N5O3-. The summed E-state index contributed by atoms with van der Waals surface area (Å²) < 4.78 is 10.2. The maximum Gasteiger partial charge on any atom is 0.277 e. The summed E-state index contributed by atoms with van der Waals surface area (Å²) in [6.45, 7) is 2.09. The predicted molar refractivity (Wildman–Crippen MR) is 105 cm³/mol. The molecule has 0 saturated carbocycles. The number of aromatic nitrogens is 2. The van der Waals surface area contributed by atoms with Gasteiger partial charge in [0.2, 0.25) is 11.5 Å². The van der Waals surface area contributed by atoms with Gasteiger partial charge in [0, 0.05) is 30.2 Å². The number of hydrogen-bond donors (Lipinski definition) is 3. The van der Waals surface area contributed by atoms with E-state index in [1.165, 1.54) is 0 Å². The number of benzene rings is 2. The number of nitrogens with zero attached hydrogens (tertiary/aromatic N) is 2. The first kappa shape index (κ1) is 22.5. The minimum Gasteiger partial charge on any atom is -1.00 e. The van der Waals surface area contributed by atoms with Crippen molar-refractivity contribution in [1.82, 2.24) is 20.9 Å². The fourth-order valence-corrected chi connectivity index (χ4v) is 2.60. The summed E-state index contributed by atoms with van der Waals surface area (Å²) in [5.74, 6) is 0.331. The highest BCUT2D eigenvalue weighted by Crippen LogP contribution is 2.19. The van der Waals surface area contributed by atoms with Crippen LogP contribution in [0, 0.1) is 0 Å². The van der Waals surface area contributed by atoms with Crippen LogP contribution in [0.1, 0.15) is 21.6 Å². The Hall–Kier alpha value is -2.81. The summed E-state index contributed by atoms with van der Waals surface area (Å²) in [6.07, 6.45) is 0. The molecule has 0 saturated heterocycles. The molecule has 0 atom stereocenters. The fourth-order valence-electron chi connectivity index (χ4n) is 2.41. The van der Waals surface area contributed by atoms with Crippen LogP contribution in [0.4, 0.5) is 5.82 Å². The maximum absolute atomic E-state index is 11.8. The number of nitrogens with two attached hydrogens (primary N) is 1. The molecule has 0 aliphatic heterocycles. The monoisotopic (exact) mass is 436 g/mol. The molecule has 0 aliphatic carbocycles. The molecule has 10 heteroatoms. The Balaban J connectivity index is 0.00000300. The summed E-state index contributed by atoms with van der Waals surface area (Å²) in [7, 11) is 0. The van der Waals surface area contributed by atoms with Gasteiger partial charge in [-0.2, -0.15) is 0 Å². The van der Waals surface area contributed by atoms with Crippen molar-refractivity contribution in [3.05, 3.63) is 70.4 Å². The van der Waals surface area contributed by atoms with Gasteiger partial charge in [0.1, 0.15) is 12.4 Å². The van der Waals surface area contributed by atoms with Gasteiger partial charge in [-0.15, -0.1) is 0 Å². The molecule has 1 aromatic heterocycles. The number of carbonyl (C=O) groups is 1. The van der Waals surface area contributed by atoms with E-state index in [2.05, 4.69) is 25.6 Å². The molecule has 8 nitrogen and oxygen atoms in total. The van der Waals surface area contributed by atoms with Gasteiger partial charge >= 0.3 is 0 Å². The number of carbonyl (C=O) groups excluding carboxylic acids is 1. The molecule has 0 spiro atoms. The second-order valence-corrected chi connectivity index (χ2v) is 6.36. The molecular weight excluding hydrogens is 417 g/mol. The van der Waals surface area contributed by atoms with Crippen LogP contribution in [-0.2, 0) is 13.2 Å². The van der Waals surface area contributed by atoms with Crippen molar-refractivity contribution >= 4 is 23.3 Å². The van der Waals surface area contributed by atoms with Crippen molar-refractivity contribution < 1.29 is 26.6 Å². The highest BCUT2D eigenvalue weighted by atomic mass is 35.5. The zero-order valence-corrected chi connectivity index (χ0v) is 16.9. The first-order valence-electron chi connectivity index (χ1n) is 8.65. The van der Waals surface area contributed by atoms with Crippen LogP contribution in [0.5, 0.6) is 5.75 Å². The molecule has 154 valence electrons. The van der Waals surface area contributed by atoms with E-state index in [1.807, 2.05) is 48.5 Å². The zero-order valence-electron chi connectivity index (χ0n) is 15.4. The van der Waals surface area contributed by atoms with Crippen molar-refractivity contribution in [3.63, 3.8) is 0 Å². The van der Waals surface area contributed by atoms with E-state index in [0.717, 1.165) is 16.9 Å². The Morgan fingerprint density at radius 3 is 2.55 bits per heavy atom. The summed E-state index contributed by atoms with van der Waals surface area (Å²) in [4.78, 5) is 11.8. The van der Waals surface area contributed by atoms with E-state index in [1.54, 1.807) is 0 Å². The molecule has 2 aromatic carbocycles. The summed E-state index contributed by atoms with van der Waals surface area (Å²) in [6, 6.07) is 15.4. The van der Waals surface area contributed by atoms with Crippen LogP contribution in [-0.4, -0.2) is 29.3 Å². The molecule has 0 bridgehead atoms. The van der Waals surface area contributed by atoms with Crippen molar-refractivity contribution in [1.29, 1.82) is 0 Å². The molecule has 29 heavy (non-hydrogen) atoms. The largest absolute Gasteiger partial charge is 1.00 e. The lowest BCUT2D eigenvalue weighted by Crippen LogP contribution is -3.00. The molecule has 0 radical (unpaired) electrons. The van der Waals surface area contributed by atoms with Gasteiger partial charge in [0.15, 0.2) is 0 Å². The van der Waals surface area contributed by atoms with Crippen molar-refractivity contribution in [3.8, 4) is 5.75 Å². The molecule has 3 rings (SSSR count). The number of nitrogen functional groups attached to an aromatic ring is 1. The van der Waals surface area contributed by atoms with Crippen molar-refractivity contribution in [2.75, 3.05) is 18.8 Å². The number of hydrogen-bond acceptors (Lipinski definition) is 7. The molecule has 1 heterocycles. The Labute approximate surface area is 179 Å². The summed E-state index contributed by atoms with van der Waals surface area (Å²) >= 11 is 6.12. The molecule has 3 aromatic rings. The highest BCUT2D eigenvalue weighted by Gasteiger charge is 2.14. The van der Waals surface area contributed by atoms with E-state index in [-0.39, 0.29) is 23.9 Å². The SMILES string of the molecule is Nc1nonc1C(=O)NCCNCc1ccc(OCc2ccccc2Cl)cc1.[Cl-]. The lowest BCUT2D eigenvalue weighted by atomic mass is 10.2. The third kappa shape index (κ3) is 6.63. The minimum absolute atomic E-state index is 0. The normalized spacial score (nSPS) is 10.2. The van der Waals surface area contributed by atoms with E-state index in [0.29, 0.717) is 31.3 Å². The third-order valence-electron chi connectivity index (χ3n) is 3.92. The van der Waals surface area contributed by atoms with Gasteiger partial charge in [-0.1, -0.05) is 41.9 Å². The van der Waals surface area contributed by atoms with Crippen LogP contribution in [0.3, 0.4) is 0 Å². The number of halogens is 2. The van der Waals surface area contributed by atoms with Crippen molar-refractivity contribution in [2.45, 2.75) is 13.2 Å². The first-order valence-corrected chi connectivity index (χ1v) is 9.03. The average Bonchev–Trinajstić information content (AvgIpc) is 3.14. The third-order valence-corrected chi connectivity index (χ3v) is 4.29. The van der Waals surface area contributed by atoms with Gasteiger partial charge in [-0.25, -0.2) is 4.63 Å².